The molecule has 1 fully saturated rings. The Labute approximate surface area is 101 Å². The minimum Gasteiger partial charge on any atom is -0.343 e. The van der Waals surface area contributed by atoms with Crippen molar-refractivity contribution in [1.29, 1.82) is 0 Å². The maximum absolute atomic E-state index is 12.1. The van der Waals surface area contributed by atoms with Crippen molar-refractivity contribution in [3.63, 3.8) is 0 Å². The number of hydrogen-bond acceptors (Lipinski definition) is 3. The van der Waals surface area contributed by atoms with Crippen LogP contribution in [0.2, 0.25) is 0 Å². The quantitative estimate of drug-likeness (QED) is 0.801. The van der Waals surface area contributed by atoms with Crippen molar-refractivity contribution in [1.82, 2.24) is 9.78 Å². The molecule has 1 aromatic heterocycles. The van der Waals surface area contributed by atoms with Gasteiger partial charge in [0, 0.05) is 13.1 Å². The van der Waals surface area contributed by atoms with Gasteiger partial charge < -0.3 is 10.2 Å². The van der Waals surface area contributed by atoms with Crippen LogP contribution in [0.1, 0.15) is 31.9 Å². The number of amides is 1. The second-order valence-corrected chi connectivity index (χ2v) is 4.79. The zero-order chi connectivity index (χ0) is 12.0. The van der Waals surface area contributed by atoms with Gasteiger partial charge in [-0.15, -0.1) is 0 Å². The average molecular weight is 234 g/mol. The van der Waals surface area contributed by atoms with E-state index in [1.54, 1.807) is 0 Å². The molecule has 2 aliphatic rings. The van der Waals surface area contributed by atoms with Gasteiger partial charge in [0.15, 0.2) is 5.82 Å². The molecule has 5 nitrogen and oxygen atoms in total. The summed E-state index contributed by atoms with van der Waals surface area (Å²) >= 11 is 0. The molecule has 3 heterocycles. The van der Waals surface area contributed by atoms with Crippen molar-refractivity contribution < 1.29 is 4.79 Å². The van der Waals surface area contributed by atoms with E-state index in [0.717, 1.165) is 49.6 Å². The van der Waals surface area contributed by atoms with E-state index in [9.17, 15) is 4.79 Å². The summed E-state index contributed by atoms with van der Waals surface area (Å²) in [6.45, 7) is 5.85. The Kier molecular flexibility index (Phi) is 2.34. The number of rotatable bonds is 1. The molecule has 1 atom stereocenters. The summed E-state index contributed by atoms with van der Waals surface area (Å²) in [7, 11) is 0. The fourth-order valence-electron chi connectivity index (χ4n) is 2.89. The van der Waals surface area contributed by atoms with Gasteiger partial charge in [-0.05, 0) is 33.1 Å². The highest BCUT2D eigenvalue weighted by Gasteiger charge is 2.37. The number of piperidine rings is 1. The molecule has 1 unspecified atom stereocenters. The van der Waals surface area contributed by atoms with Crippen LogP contribution in [0.3, 0.4) is 0 Å². The molecule has 1 amide bonds. The van der Waals surface area contributed by atoms with Crippen LogP contribution in [0.25, 0.3) is 0 Å². The van der Waals surface area contributed by atoms with Crippen LogP contribution in [0.5, 0.6) is 0 Å². The summed E-state index contributed by atoms with van der Waals surface area (Å²) in [5, 5.41) is 7.51. The van der Waals surface area contributed by atoms with Crippen molar-refractivity contribution in [3.8, 4) is 0 Å². The number of nitrogens with one attached hydrogen (secondary N) is 1. The van der Waals surface area contributed by atoms with Gasteiger partial charge in [0.1, 0.15) is 11.7 Å². The first-order valence-corrected chi connectivity index (χ1v) is 6.37. The first-order chi connectivity index (χ1) is 8.22. The Morgan fingerprint density at radius 1 is 1.47 bits per heavy atom. The molecular formula is C12H18N4O. The monoisotopic (exact) mass is 234 g/mol. The summed E-state index contributed by atoms with van der Waals surface area (Å²) in [4.78, 5) is 14.3. The van der Waals surface area contributed by atoms with E-state index >= 15 is 0 Å². The van der Waals surface area contributed by atoms with Gasteiger partial charge >= 0.3 is 0 Å². The van der Waals surface area contributed by atoms with Crippen LogP contribution in [-0.2, 0) is 11.3 Å². The third kappa shape index (κ3) is 1.45. The molecule has 0 radical (unpaired) electrons. The van der Waals surface area contributed by atoms with Crippen LogP contribution in [0, 0.1) is 6.92 Å². The number of nitrogens with zero attached hydrogens (tertiary/aromatic N) is 3. The van der Waals surface area contributed by atoms with Gasteiger partial charge in [-0.2, -0.15) is 5.10 Å². The number of carbonyl (C=O) groups excluding carboxylic acids is 1. The predicted molar refractivity (Wildman–Crippen MR) is 66.3 cm³/mol. The van der Waals surface area contributed by atoms with E-state index in [-0.39, 0.29) is 11.9 Å². The van der Waals surface area contributed by atoms with Gasteiger partial charge in [-0.25, -0.2) is 4.68 Å². The van der Waals surface area contributed by atoms with E-state index in [1.807, 2.05) is 11.6 Å². The Morgan fingerprint density at radius 2 is 2.29 bits per heavy atom. The van der Waals surface area contributed by atoms with E-state index in [1.165, 1.54) is 0 Å². The number of hydrogen-bond donors (Lipinski definition) is 1. The van der Waals surface area contributed by atoms with E-state index in [2.05, 4.69) is 22.2 Å². The normalized spacial score (nSPS) is 23.1. The first kappa shape index (κ1) is 10.6. The minimum absolute atomic E-state index is 0.0117. The molecule has 0 spiro atoms. The molecule has 0 saturated carbocycles. The van der Waals surface area contributed by atoms with Crippen LogP contribution in [-0.4, -0.2) is 28.3 Å². The van der Waals surface area contributed by atoms with Crippen molar-refractivity contribution in [2.75, 3.05) is 16.8 Å². The molecule has 3 rings (SSSR count). The lowest BCUT2D eigenvalue weighted by Crippen LogP contribution is -2.51. The van der Waals surface area contributed by atoms with Crippen LogP contribution >= 0.6 is 0 Å². The Bertz CT molecular complexity index is 465. The summed E-state index contributed by atoms with van der Waals surface area (Å²) in [5.74, 6) is 1.24. The molecule has 5 heteroatoms. The molecule has 92 valence electrons. The molecular weight excluding hydrogens is 216 g/mol. The van der Waals surface area contributed by atoms with Gasteiger partial charge in [0.05, 0.1) is 5.69 Å². The maximum atomic E-state index is 12.1. The van der Waals surface area contributed by atoms with Gasteiger partial charge in [0.25, 0.3) is 0 Å². The smallest absolute Gasteiger partial charge is 0.247 e. The predicted octanol–water partition coefficient (Wildman–Crippen LogP) is 1.52. The Morgan fingerprint density at radius 3 is 3.06 bits per heavy atom. The average Bonchev–Trinajstić information content (AvgIpc) is 2.67. The van der Waals surface area contributed by atoms with E-state index < -0.39 is 0 Å². The van der Waals surface area contributed by atoms with E-state index in [4.69, 9.17) is 0 Å². The van der Waals surface area contributed by atoms with Crippen LogP contribution in [0.15, 0.2) is 0 Å². The zero-order valence-corrected chi connectivity index (χ0v) is 10.4. The standard InChI is InChI=1S/C12H18N4O/c1-3-16-12-10(8(2)14-16)13-11(17)9-6-4-5-7-15(9)12/h9H,3-7H2,1-2H3,(H,13,17). The van der Waals surface area contributed by atoms with Gasteiger partial charge in [-0.3, -0.25) is 4.79 Å². The van der Waals surface area contributed by atoms with E-state index in [0.29, 0.717) is 0 Å². The maximum Gasteiger partial charge on any atom is 0.247 e. The molecule has 17 heavy (non-hydrogen) atoms. The number of aromatic nitrogens is 2. The summed E-state index contributed by atoms with van der Waals surface area (Å²) in [5.41, 5.74) is 1.83. The number of anilines is 2. The highest BCUT2D eigenvalue weighted by atomic mass is 16.2. The lowest BCUT2D eigenvalue weighted by Gasteiger charge is -2.40. The van der Waals surface area contributed by atoms with Gasteiger partial charge in [-0.1, -0.05) is 0 Å². The summed E-state index contributed by atoms with van der Waals surface area (Å²) in [6, 6.07) is 0.0117. The molecule has 1 N–H and O–H groups in total. The molecule has 1 aromatic rings. The summed E-state index contributed by atoms with van der Waals surface area (Å²) < 4.78 is 2.00. The SMILES string of the molecule is CCn1nc(C)c2c1N1CCCCC1C(=O)N2. The highest BCUT2D eigenvalue weighted by molar-refractivity contribution is 6.03. The molecule has 2 aliphatic heterocycles. The van der Waals surface area contributed by atoms with Crippen molar-refractivity contribution in [2.45, 2.75) is 45.7 Å². The lowest BCUT2D eigenvalue weighted by atomic mass is 9.99. The molecule has 1 saturated heterocycles. The number of carbonyl (C=O) groups is 1. The molecule has 0 aliphatic carbocycles. The Hall–Kier alpha value is -1.52. The first-order valence-electron chi connectivity index (χ1n) is 6.37. The number of aryl methyl sites for hydroxylation is 2. The largest absolute Gasteiger partial charge is 0.343 e. The fraction of sp³-hybridized carbons (Fsp3) is 0.667. The second-order valence-electron chi connectivity index (χ2n) is 4.79. The van der Waals surface area contributed by atoms with Crippen molar-refractivity contribution in [2.24, 2.45) is 0 Å². The molecule has 0 bridgehead atoms. The third-order valence-corrected chi connectivity index (χ3v) is 3.73. The van der Waals surface area contributed by atoms with Crippen LogP contribution in [0.4, 0.5) is 11.5 Å². The third-order valence-electron chi connectivity index (χ3n) is 3.73. The fourth-order valence-corrected chi connectivity index (χ4v) is 2.89. The highest BCUT2D eigenvalue weighted by Crippen LogP contribution is 2.37. The second kappa shape index (κ2) is 3.75. The van der Waals surface area contributed by atoms with Crippen LogP contribution < -0.4 is 10.2 Å². The lowest BCUT2D eigenvalue weighted by molar-refractivity contribution is -0.118. The summed E-state index contributed by atoms with van der Waals surface area (Å²) in [6.07, 6.45) is 3.26. The molecule has 0 aromatic carbocycles. The topological polar surface area (TPSA) is 50.2 Å². The van der Waals surface area contributed by atoms with Crippen molar-refractivity contribution in [3.05, 3.63) is 5.69 Å². The zero-order valence-electron chi connectivity index (χ0n) is 10.4. The van der Waals surface area contributed by atoms with Gasteiger partial charge in [0.2, 0.25) is 5.91 Å². The minimum atomic E-state index is 0.0117. The van der Waals surface area contributed by atoms with Crippen molar-refractivity contribution >= 4 is 17.4 Å². The Balaban J connectivity index is 2.11. The number of fused-ring (bicyclic) bond motifs is 3.